The third kappa shape index (κ3) is 5.34. The summed E-state index contributed by atoms with van der Waals surface area (Å²) in [6.45, 7) is 1.53. The fourth-order valence-electron chi connectivity index (χ4n) is 2.20. The molecular formula is C17H20FN3O2. The van der Waals surface area contributed by atoms with E-state index in [2.05, 4.69) is 10.3 Å². The van der Waals surface area contributed by atoms with Crippen molar-refractivity contribution >= 4 is 11.7 Å². The van der Waals surface area contributed by atoms with Gasteiger partial charge in [-0.15, -0.1) is 0 Å². The lowest BCUT2D eigenvalue weighted by Crippen LogP contribution is -2.22. The van der Waals surface area contributed by atoms with Crippen molar-refractivity contribution in [3.63, 3.8) is 0 Å². The van der Waals surface area contributed by atoms with E-state index in [1.54, 1.807) is 36.5 Å². The monoisotopic (exact) mass is 317 g/mol. The van der Waals surface area contributed by atoms with Crippen molar-refractivity contribution in [2.24, 2.45) is 0 Å². The molecule has 2 aromatic rings. The molecule has 0 aliphatic rings. The molecule has 1 aromatic carbocycles. The van der Waals surface area contributed by atoms with E-state index < -0.39 is 5.97 Å². The maximum absolute atomic E-state index is 13.9. The summed E-state index contributed by atoms with van der Waals surface area (Å²) in [5, 5.41) is 12.0. The SMILES string of the molecule is CN(CCC(=O)O)c1cc(CNCc2cccnc2)ccc1F. The molecule has 0 radical (unpaired) electrons. The second-order valence-electron chi connectivity index (χ2n) is 5.32. The Bertz CT molecular complexity index is 650. The Labute approximate surface area is 134 Å². The molecule has 1 aromatic heterocycles. The van der Waals surface area contributed by atoms with Crippen LogP contribution in [0, 0.1) is 5.82 Å². The van der Waals surface area contributed by atoms with Crippen LogP contribution in [0.1, 0.15) is 17.5 Å². The number of aromatic nitrogens is 1. The van der Waals surface area contributed by atoms with Gasteiger partial charge in [-0.05, 0) is 29.3 Å². The van der Waals surface area contributed by atoms with Gasteiger partial charge >= 0.3 is 5.97 Å². The molecule has 0 amide bonds. The number of hydrogen-bond donors (Lipinski definition) is 2. The number of carboxylic acids is 1. The molecule has 0 aliphatic carbocycles. The molecule has 2 rings (SSSR count). The van der Waals surface area contributed by atoms with Crippen LogP contribution in [0.5, 0.6) is 0 Å². The van der Waals surface area contributed by atoms with Gasteiger partial charge in [0.15, 0.2) is 0 Å². The van der Waals surface area contributed by atoms with Gasteiger partial charge in [0.05, 0.1) is 12.1 Å². The molecule has 122 valence electrons. The zero-order valence-corrected chi connectivity index (χ0v) is 13.0. The molecule has 0 bridgehead atoms. The fourth-order valence-corrected chi connectivity index (χ4v) is 2.20. The maximum atomic E-state index is 13.9. The van der Waals surface area contributed by atoms with Gasteiger partial charge < -0.3 is 15.3 Å². The van der Waals surface area contributed by atoms with Crippen molar-refractivity contribution in [2.45, 2.75) is 19.5 Å². The Morgan fingerprint density at radius 3 is 2.78 bits per heavy atom. The van der Waals surface area contributed by atoms with Crippen LogP contribution in [0.2, 0.25) is 0 Å². The number of nitrogens with zero attached hydrogens (tertiary/aromatic N) is 2. The minimum Gasteiger partial charge on any atom is -0.481 e. The first-order valence-electron chi connectivity index (χ1n) is 7.37. The zero-order valence-electron chi connectivity index (χ0n) is 13.0. The number of anilines is 1. The van der Waals surface area contributed by atoms with Crippen LogP contribution in [0.15, 0.2) is 42.7 Å². The lowest BCUT2D eigenvalue weighted by molar-refractivity contribution is -0.136. The van der Waals surface area contributed by atoms with Gasteiger partial charge in [0.2, 0.25) is 0 Å². The quantitative estimate of drug-likeness (QED) is 0.783. The first-order chi connectivity index (χ1) is 11.1. The minimum atomic E-state index is -0.897. The minimum absolute atomic E-state index is 0.0283. The van der Waals surface area contributed by atoms with E-state index in [0.717, 1.165) is 11.1 Å². The molecule has 0 spiro atoms. The van der Waals surface area contributed by atoms with Gasteiger partial charge in [0.25, 0.3) is 0 Å². The van der Waals surface area contributed by atoms with E-state index in [-0.39, 0.29) is 18.8 Å². The van der Waals surface area contributed by atoms with Crippen molar-refractivity contribution in [1.29, 1.82) is 0 Å². The van der Waals surface area contributed by atoms with Crippen LogP contribution in [0.3, 0.4) is 0 Å². The molecule has 0 saturated carbocycles. The van der Waals surface area contributed by atoms with Gasteiger partial charge in [-0.1, -0.05) is 12.1 Å². The molecule has 0 unspecified atom stereocenters. The summed E-state index contributed by atoms with van der Waals surface area (Å²) >= 11 is 0. The summed E-state index contributed by atoms with van der Waals surface area (Å²) in [5.41, 5.74) is 2.42. The lowest BCUT2D eigenvalue weighted by Gasteiger charge is -2.20. The molecular weight excluding hydrogens is 297 g/mol. The molecule has 23 heavy (non-hydrogen) atoms. The normalized spacial score (nSPS) is 10.5. The van der Waals surface area contributed by atoms with Crippen LogP contribution in [-0.2, 0) is 17.9 Å². The molecule has 0 fully saturated rings. The average Bonchev–Trinajstić information content (AvgIpc) is 2.55. The molecule has 0 aliphatic heterocycles. The van der Waals surface area contributed by atoms with E-state index >= 15 is 0 Å². The lowest BCUT2D eigenvalue weighted by atomic mass is 10.1. The Balaban J connectivity index is 1.95. The second-order valence-corrected chi connectivity index (χ2v) is 5.32. The highest BCUT2D eigenvalue weighted by Gasteiger charge is 2.10. The van der Waals surface area contributed by atoms with E-state index in [0.29, 0.717) is 18.8 Å². The molecule has 0 atom stereocenters. The van der Waals surface area contributed by atoms with Gasteiger partial charge in [-0.3, -0.25) is 9.78 Å². The summed E-state index contributed by atoms with van der Waals surface area (Å²) in [7, 11) is 1.69. The van der Waals surface area contributed by atoms with Crippen molar-refractivity contribution in [3.8, 4) is 0 Å². The summed E-state index contributed by atoms with van der Waals surface area (Å²) in [4.78, 5) is 16.3. The van der Waals surface area contributed by atoms with E-state index in [9.17, 15) is 9.18 Å². The number of carbonyl (C=O) groups is 1. The zero-order chi connectivity index (χ0) is 16.7. The van der Waals surface area contributed by atoms with Crippen LogP contribution in [0.4, 0.5) is 10.1 Å². The summed E-state index contributed by atoms with van der Waals surface area (Å²) < 4.78 is 13.9. The average molecular weight is 317 g/mol. The highest BCUT2D eigenvalue weighted by Crippen LogP contribution is 2.20. The standard InChI is InChI=1S/C17H20FN3O2/c1-21(8-6-17(22)23)16-9-13(4-5-15(16)18)10-20-12-14-3-2-7-19-11-14/h2-5,7,9,11,20H,6,8,10,12H2,1H3,(H,22,23). The summed E-state index contributed by atoms with van der Waals surface area (Å²) in [6, 6.07) is 8.74. The van der Waals surface area contributed by atoms with E-state index in [4.69, 9.17) is 5.11 Å². The van der Waals surface area contributed by atoms with Gasteiger partial charge in [-0.25, -0.2) is 4.39 Å². The molecule has 0 saturated heterocycles. The summed E-state index contributed by atoms with van der Waals surface area (Å²) in [5.74, 6) is -1.25. The van der Waals surface area contributed by atoms with Gasteiger partial charge in [0, 0.05) is 39.1 Å². The predicted molar refractivity (Wildman–Crippen MR) is 86.7 cm³/mol. The van der Waals surface area contributed by atoms with Crippen molar-refractivity contribution in [2.75, 3.05) is 18.5 Å². The smallest absolute Gasteiger partial charge is 0.305 e. The fraction of sp³-hybridized carbons (Fsp3) is 0.294. The Morgan fingerprint density at radius 1 is 1.30 bits per heavy atom. The molecule has 5 nitrogen and oxygen atoms in total. The Kier molecular flexibility index (Phi) is 6.05. The summed E-state index contributed by atoms with van der Waals surface area (Å²) in [6.07, 6.45) is 3.49. The number of rotatable bonds is 8. The predicted octanol–water partition coefficient (Wildman–Crippen LogP) is 2.42. The van der Waals surface area contributed by atoms with Crippen molar-refractivity contribution in [3.05, 3.63) is 59.7 Å². The van der Waals surface area contributed by atoms with Crippen LogP contribution in [0.25, 0.3) is 0 Å². The third-order valence-corrected chi connectivity index (χ3v) is 3.46. The van der Waals surface area contributed by atoms with E-state index in [1.165, 1.54) is 6.07 Å². The van der Waals surface area contributed by atoms with Crippen LogP contribution < -0.4 is 10.2 Å². The number of halogens is 1. The van der Waals surface area contributed by atoms with Crippen LogP contribution >= 0.6 is 0 Å². The first kappa shape index (κ1) is 16.9. The van der Waals surface area contributed by atoms with Crippen molar-refractivity contribution < 1.29 is 14.3 Å². The highest BCUT2D eigenvalue weighted by atomic mass is 19.1. The Hall–Kier alpha value is -2.47. The topological polar surface area (TPSA) is 65.5 Å². The molecule has 1 heterocycles. The largest absolute Gasteiger partial charge is 0.481 e. The van der Waals surface area contributed by atoms with E-state index in [1.807, 2.05) is 12.1 Å². The number of benzene rings is 1. The number of carboxylic acid groups (broad SMARTS) is 1. The third-order valence-electron chi connectivity index (χ3n) is 3.46. The number of aliphatic carboxylic acids is 1. The second kappa shape index (κ2) is 8.24. The molecule has 2 N–H and O–H groups in total. The van der Waals surface area contributed by atoms with Gasteiger partial charge in [0.1, 0.15) is 5.82 Å². The van der Waals surface area contributed by atoms with Gasteiger partial charge in [-0.2, -0.15) is 0 Å². The number of nitrogens with one attached hydrogen (secondary N) is 1. The maximum Gasteiger partial charge on any atom is 0.305 e. The highest BCUT2D eigenvalue weighted by molar-refractivity contribution is 5.67. The van der Waals surface area contributed by atoms with Crippen LogP contribution in [-0.4, -0.2) is 29.7 Å². The Morgan fingerprint density at radius 2 is 2.09 bits per heavy atom. The molecule has 6 heteroatoms. The first-order valence-corrected chi connectivity index (χ1v) is 7.37. The number of pyridine rings is 1. The van der Waals surface area contributed by atoms with Crippen molar-refractivity contribution in [1.82, 2.24) is 10.3 Å². The number of hydrogen-bond acceptors (Lipinski definition) is 4.